The van der Waals surface area contributed by atoms with Crippen molar-refractivity contribution in [3.8, 4) is 11.3 Å². The third kappa shape index (κ3) is 4.56. The van der Waals surface area contributed by atoms with Crippen molar-refractivity contribution in [3.63, 3.8) is 0 Å². The van der Waals surface area contributed by atoms with Gasteiger partial charge in [0.15, 0.2) is 0 Å². The minimum Gasteiger partial charge on any atom is -0.457 e. The van der Waals surface area contributed by atoms with Crippen LogP contribution in [-0.4, -0.2) is 17.7 Å². The minimum atomic E-state index is -0.532. The van der Waals surface area contributed by atoms with E-state index in [4.69, 9.17) is 14.0 Å². The summed E-state index contributed by atoms with van der Waals surface area (Å²) in [5.74, 6) is 0.155. The number of benzene rings is 3. The van der Waals surface area contributed by atoms with Gasteiger partial charge in [0.25, 0.3) is 0 Å². The van der Waals surface area contributed by atoms with Crippen LogP contribution in [-0.2, 0) is 21.0 Å². The monoisotopic (exact) mass is 449 g/mol. The van der Waals surface area contributed by atoms with E-state index in [-0.39, 0.29) is 6.61 Å². The van der Waals surface area contributed by atoms with Crippen LogP contribution < -0.4 is 0 Å². The summed E-state index contributed by atoms with van der Waals surface area (Å²) in [6.45, 7) is 0.217. The van der Waals surface area contributed by atoms with Gasteiger partial charge in [-0.1, -0.05) is 78.0 Å². The predicted molar refractivity (Wildman–Crippen MR) is 127 cm³/mol. The van der Waals surface area contributed by atoms with E-state index in [0.29, 0.717) is 28.4 Å². The second-order valence-corrected chi connectivity index (χ2v) is 7.58. The van der Waals surface area contributed by atoms with Crippen molar-refractivity contribution in [3.05, 3.63) is 125 Å². The molecule has 3 aromatic carbocycles. The zero-order chi connectivity index (χ0) is 23.3. The number of ether oxygens (including phenoxy) is 1. The number of nitrogens with zero attached hydrogens (tertiary/aromatic N) is 1. The minimum absolute atomic E-state index is 0.217. The lowest BCUT2D eigenvalue weighted by Gasteiger charge is -2.05. The molecule has 1 aliphatic rings. The molecule has 0 radical (unpaired) electrons. The average molecular weight is 449 g/mol. The highest BCUT2D eigenvalue weighted by molar-refractivity contribution is 6.31. The van der Waals surface area contributed by atoms with Gasteiger partial charge in [0.05, 0.1) is 11.1 Å². The van der Waals surface area contributed by atoms with E-state index in [1.54, 1.807) is 42.5 Å². The second kappa shape index (κ2) is 9.42. The molecule has 6 heteroatoms. The molecule has 0 spiro atoms. The molecule has 0 unspecified atom stereocenters. The van der Waals surface area contributed by atoms with Gasteiger partial charge in [0.2, 0.25) is 0 Å². The standard InChI is InChI=1S/C28H19NO5/c30-27(32-18-19-7-3-1-4-8-19)22-13-11-20(12-14-22)25-16-15-23(33-25)17-24-26(29-34-28(24)31)21-9-5-2-6-10-21/h1-17H,18H2. The maximum Gasteiger partial charge on any atom is 0.368 e. The number of furan rings is 1. The van der Waals surface area contributed by atoms with Gasteiger partial charge in [-0.05, 0) is 35.9 Å². The molecule has 4 aromatic rings. The molecule has 0 saturated heterocycles. The fourth-order valence-electron chi connectivity index (χ4n) is 3.52. The molecule has 0 N–H and O–H groups in total. The molecule has 1 aromatic heterocycles. The van der Waals surface area contributed by atoms with Crippen LogP contribution in [0.2, 0.25) is 0 Å². The van der Waals surface area contributed by atoms with Gasteiger partial charge in [0.1, 0.15) is 23.8 Å². The molecule has 0 fully saturated rings. The van der Waals surface area contributed by atoms with E-state index in [1.807, 2.05) is 60.7 Å². The molecule has 34 heavy (non-hydrogen) atoms. The quantitative estimate of drug-likeness (QED) is 0.216. The van der Waals surface area contributed by atoms with Crippen molar-refractivity contribution in [1.82, 2.24) is 0 Å². The van der Waals surface area contributed by atoms with E-state index < -0.39 is 11.9 Å². The molecule has 0 atom stereocenters. The molecule has 166 valence electrons. The third-order valence-electron chi connectivity index (χ3n) is 5.27. The number of carbonyl (C=O) groups excluding carboxylic acids is 2. The third-order valence-corrected chi connectivity index (χ3v) is 5.27. The second-order valence-electron chi connectivity index (χ2n) is 7.58. The van der Waals surface area contributed by atoms with Gasteiger partial charge in [-0.2, -0.15) is 0 Å². The van der Waals surface area contributed by atoms with Crippen molar-refractivity contribution in [1.29, 1.82) is 0 Å². The van der Waals surface area contributed by atoms with E-state index in [9.17, 15) is 9.59 Å². The molecular weight excluding hydrogens is 430 g/mol. The maximum absolute atomic E-state index is 12.3. The Labute approximate surface area is 195 Å². The first-order valence-corrected chi connectivity index (χ1v) is 10.7. The van der Waals surface area contributed by atoms with Crippen LogP contribution in [0.4, 0.5) is 0 Å². The zero-order valence-electron chi connectivity index (χ0n) is 18.0. The highest BCUT2D eigenvalue weighted by Gasteiger charge is 2.27. The SMILES string of the molecule is O=C1ON=C(c2ccccc2)C1=Cc1ccc(-c2ccc(C(=O)OCc3ccccc3)cc2)o1. The van der Waals surface area contributed by atoms with Gasteiger partial charge in [-0.25, -0.2) is 9.59 Å². The Morgan fingerprint density at radius 1 is 0.824 bits per heavy atom. The maximum atomic E-state index is 12.3. The Bertz CT molecular complexity index is 1380. The lowest BCUT2D eigenvalue weighted by atomic mass is 10.0. The number of hydrogen-bond acceptors (Lipinski definition) is 6. The lowest BCUT2D eigenvalue weighted by Crippen LogP contribution is -2.06. The number of rotatable bonds is 6. The van der Waals surface area contributed by atoms with Crippen LogP contribution in [0.15, 0.2) is 112 Å². The average Bonchev–Trinajstić information content (AvgIpc) is 3.51. The van der Waals surface area contributed by atoms with Gasteiger partial charge >= 0.3 is 11.9 Å². The highest BCUT2D eigenvalue weighted by Crippen LogP contribution is 2.26. The highest BCUT2D eigenvalue weighted by atomic mass is 16.7. The first kappa shape index (κ1) is 21.2. The first-order chi connectivity index (χ1) is 16.7. The number of esters is 1. The van der Waals surface area contributed by atoms with Crippen molar-refractivity contribution in [2.75, 3.05) is 0 Å². The van der Waals surface area contributed by atoms with Gasteiger partial charge in [-0.3, -0.25) is 0 Å². The summed E-state index contributed by atoms with van der Waals surface area (Å²) < 4.78 is 11.3. The Morgan fingerprint density at radius 2 is 1.53 bits per heavy atom. The Kier molecular flexibility index (Phi) is 5.86. The van der Waals surface area contributed by atoms with Crippen LogP contribution in [0, 0.1) is 0 Å². The van der Waals surface area contributed by atoms with Crippen LogP contribution in [0.1, 0.15) is 27.2 Å². The van der Waals surface area contributed by atoms with E-state index >= 15 is 0 Å². The molecular formula is C28H19NO5. The number of oxime groups is 1. The largest absolute Gasteiger partial charge is 0.457 e. The summed E-state index contributed by atoms with van der Waals surface area (Å²) in [4.78, 5) is 29.4. The molecule has 0 saturated carbocycles. The summed E-state index contributed by atoms with van der Waals surface area (Å²) in [5.41, 5.74) is 3.73. The summed E-state index contributed by atoms with van der Waals surface area (Å²) in [7, 11) is 0. The van der Waals surface area contributed by atoms with Crippen molar-refractivity contribution >= 4 is 23.7 Å². The van der Waals surface area contributed by atoms with E-state index in [1.165, 1.54) is 0 Å². The Hall–Kier alpha value is -4.71. The normalized spacial score (nSPS) is 14.1. The fraction of sp³-hybridized carbons (Fsp3) is 0.0357. The Morgan fingerprint density at radius 3 is 2.26 bits per heavy atom. The van der Waals surface area contributed by atoms with Crippen molar-refractivity contribution in [2.45, 2.75) is 6.61 Å². The molecule has 5 rings (SSSR count). The van der Waals surface area contributed by atoms with E-state index in [2.05, 4.69) is 5.16 Å². The van der Waals surface area contributed by atoms with E-state index in [0.717, 1.165) is 16.7 Å². The molecule has 6 nitrogen and oxygen atoms in total. The van der Waals surface area contributed by atoms with Crippen LogP contribution in [0.25, 0.3) is 17.4 Å². The zero-order valence-corrected chi connectivity index (χ0v) is 18.0. The van der Waals surface area contributed by atoms with Crippen LogP contribution >= 0.6 is 0 Å². The summed E-state index contributed by atoms with van der Waals surface area (Å²) in [6, 6.07) is 29.4. The van der Waals surface area contributed by atoms with Crippen molar-refractivity contribution < 1.29 is 23.6 Å². The lowest BCUT2D eigenvalue weighted by molar-refractivity contribution is -0.136. The molecule has 0 aliphatic carbocycles. The summed E-state index contributed by atoms with van der Waals surface area (Å²) >= 11 is 0. The van der Waals surface area contributed by atoms with Crippen LogP contribution in [0.5, 0.6) is 0 Å². The van der Waals surface area contributed by atoms with Gasteiger partial charge in [0, 0.05) is 11.1 Å². The molecule has 0 amide bonds. The molecule has 2 heterocycles. The molecule has 0 bridgehead atoms. The van der Waals surface area contributed by atoms with Gasteiger partial charge in [-0.15, -0.1) is 0 Å². The number of carbonyl (C=O) groups is 2. The fourth-order valence-corrected chi connectivity index (χ4v) is 3.52. The topological polar surface area (TPSA) is 78.1 Å². The Balaban J connectivity index is 1.29. The van der Waals surface area contributed by atoms with Gasteiger partial charge < -0.3 is 14.0 Å². The smallest absolute Gasteiger partial charge is 0.368 e. The molecule has 1 aliphatic heterocycles. The van der Waals surface area contributed by atoms with Crippen LogP contribution in [0.3, 0.4) is 0 Å². The first-order valence-electron chi connectivity index (χ1n) is 10.7. The number of hydrogen-bond donors (Lipinski definition) is 0. The summed E-state index contributed by atoms with van der Waals surface area (Å²) in [6.07, 6.45) is 1.61. The van der Waals surface area contributed by atoms with Crippen molar-refractivity contribution in [2.24, 2.45) is 5.16 Å². The summed E-state index contributed by atoms with van der Waals surface area (Å²) in [5, 5.41) is 3.90. The predicted octanol–water partition coefficient (Wildman–Crippen LogP) is 5.65.